The van der Waals surface area contributed by atoms with E-state index in [1.54, 1.807) is 6.92 Å². The molecule has 1 aromatic heterocycles. The van der Waals surface area contributed by atoms with Gasteiger partial charge in [0.1, 0.15) is 6.04 Å². The molecule has 3 aromatic rings. The number of aryl methyl sites for hydroxylation is 1. The highest BCUT2D eigenvalue weighted by molar-refractivity contribution is 7.88. The van der Waals surface area contributed by atoms with Crippen LogP contribution in [-0.4, -0.2) is 48.4 Å². The van der Waals surface area contributed by atoms with E-state index < -0.39 is 28.6 Å². The first-order valence-electron chi connectivity index (χ1n) is 9.56. The molecule has 1 atom stereocenters. The Balaban J connectivity index is 1.54. The van der Waals surface area contributed by atoms with Gasteiger partial charge in [0.05, 0.1) is 6.26 Å². The predicted octanol–water partition coefficient (Wildman–Crippen LogP) is 2.59. The number of esters is 1. The summed E-state index contributed by atoms with van der Waals surface area (Å²) in [6.07, 6.45) is 1.28. The van der Waals surface area contributed by atoms with Gasteiger partial charge in [0.2, 0.25) is 15.8 Å². The number of rotatable bonds is 5. The van der Waals surface area contributed by atoms with Crippen molar-refractivity contribution in [3.63, 3.8) is 0 Å². The largest absolute Gasteiger partial charge is 0.456 e. The van der Waals surface area contributed by atoms with Crippen molar-refractivity contribution < 1.29 is 22.7 Å². The number of sulfonamides is 1. The molecular weight excluding hydrogens is 404 g/mol. The first kappa shape index (κ1) is 20.3. The van der Waals surface area contributed by atoms with E-state index >= 15 is 0 Å². The maximum absolute atomic E-state index is 12.8. The minimum absolute atomic E-state index is 0.101. The Labute approximate surface area is 174 Å². The van der Waals surface area contributed by atoms with Crippen LogP contribution in [0.1, 0.15) is 27.2 Å². The molecule has 4 rings (SSSR count). The van der Waals surface area contributed by atoms with Crippen molar-refractivity contribution in [2.24, 2.45) is 0 Å². The van der Waals surface area contributed by atoms with Gasteiger partial charge in [-0.2, -0.15) is 4.31 Å². The second-order valence-corrected chi connectivity index (χ2v) is 9.43. The van der Waals surface area contributed by atoms with Gasteiger partial charge in [-0.3, -0.25) is 9.59 Å². The van der Waals surface area contributed by atoms with Crippen LogP contribution in [0.3, 0.4) is 0 Å². The van der Waals surface area contributed by atoms with E-state index in [2.05, 4.69) is 4.98 Å². The summed E-state index contributed by atoms with van der Waals surface area (Å²) in [6, 6.07) is 13.8. The molecule has 8 heteroatoms. The number of ketones is 1. The third-order valence-corrected chi connectivity index (χ3v) is 6.66. The first-order valence-corrected chi connectivity index (χ1v) is 11.4. The van der Waals surface area contributed by atoms with Gasteiger partial charge in [-0.1, -0.05) is 42.5 Å². The third-order valence-electron chi connectivity index (χ3n) is 5.42. The van der Waals surface area contributed by atoms with Crippen molar-refractivity contribution in [1.29, 1.82) is 0 Å². The van der Waals surface area contributed by atoms with Gasteiger partial charge >= 0.3 is 5.97 Å². The third kappa shape index (κ3) is 3.76. The van der Waals surface area contributed by atoms with Gasteiger partial charge in [0.25, 0.3) is 0 Å². The number of aromatic amines is 1. The molecule has 156 valence electrons. The summed E-state index contributed by atoms with van der Waals surface area (Å²) in [5.41, 5.74) is 3.77. The van der Waals surface area contributed by atoms with Crippen LogP contribution in [-0.2, 0) is 32.5 Å². The number of nitrogens with one attached hydrogen (secondary N) is 1. The van der Waals surface area contributed by atoms with Crippen LogP contribution < -0.4 is 0 Å². The Hall–Kier alpha value is -2.97. The molecule has 0 saturated heterocycles. The molecule has 0 fully saturated rings. The highest BCUT2D eigenvalue weighted by Crippen LogP contribution is 2.27. The van der Waals surface area contributed by atoms with Crippen LogP contribution in [0, 0.1) is 6.92 Å². The minimum atomic E-state index is -3.64. The molecule has 2 heterocycles. The number of nitrogens with zero attached hydrogens (tertiary/aromatic N) is 1. The highest BCUT2D eigenvalue weighted by Gasteiger charge is 2.38. The second kappa shape index (κ2) is 7.70. The van der Waals surface area contributed by atoms with Crippen molar-refractivity contribution in [1.82, 2.24) is 9.29 Å². The van der Waals surface area contributed by atoms with E-state index in [4.69, 9.17) is 4.74 Å². The smallest absolute Gasteiger partial charge is 0.325 e. The summed E-state index contributed by atoms with van der Waals surface area (Å²) in [7, 11) is -3.64. The predicted molar refractivity (Wildman–Crippen MR) is 113 cm³/mol. The van der Waals surface area contributed by atoms with Gasteiger partial charge in [-0.15, -0.1) is 0 Å². The summed E-state index contributed by atoms with van der Waals surface area (Å²) in [5, 5.41) is 0.764. The lowest BCUT2D eigenvalue weighted by Gasteiger charge is -2.33. The average molecular weight is 426 g/mol. The van der Waals surface area contributed by atoms with Crippen LogP contribution in [0.5, 0.6) is 0 Å². The van der Waals surface area contributed by atoms with E-state index in [-0.39, 0.29) is 18.7 Å². The fourth-order valence-electron chi connectivity index (χ4n) is 3.99. The summed E-state index contributed by atoms with van der Waals surface area (Å²) >= 11 is 0. The van der Waals surface area contributed by atoms with Crippen LogP contribution in [0.2, 0.25) is 0 Å². The second-order valence-electron chi connectivity index (χ2n) is 7.50. The van der Waals surface area contributed by atoms with Crippen LogP contribution in [0.15, 0.2) is 48.5 Å². The monoisotopic (exact) mass is 426 g/mol. The number of ether oxygens (including phenoxy) is 1. The summed E-state index contributed by atoms with van der Waals surface area (Å²) in [5.74, 6) is -1.05. The topological polar surface area (TPSA) is 96.5 Å². The Morgan fingerprint density at radius 3 is 2.50 bits per heavy atom. The molecule has 1 N–H and O–H groups in total. The lowest BCUT2D eigenvalue weighted by atomic mass is 9.96. The van der Waals surface area contributed by atoms with E-state index in [9.17, 15) is 18.0 Å². The Kier molecular flexibility index (Phi) is 5.21. The highest BCUT2D eigenvalue weighted by atomic mass is 32.2. The Bertz CT molecular complexity index is 1250. The number of carbonyl (C=O) groups excluding carboxylic acids is 2. The van der Waals surface area contributed by atoms with Crippen molar-refractivity contribution >= 4 is 32.7 Å². The molecule has 0 aliphatic carbocycles. The van der Waals surface area contributed by atoms with E-state index in [0.29, 0.717) is 11.3 Å². The van der Waals surface area contributed by atoms with Crippen LogP contribution in [0.4, 0.5) is 0 Å². The molecule has 2 aromatic carbocycles. The maximum Gasteiger partial charge on any atom is 0.325 e. The molecule has 0 spiro atoms. The number of carbonyl (C=O) groups is 2. The number of hydrogen-bond acceptors (Lipinski definition) is 5. The molecule has 0 amide bonds. The van der Waals surface area contributed by atoms with Gasteiger partial charge in [0.15, 0.2) is 6.61 Å². The zero-order chi connectivity index (χ0) is 21.5. The molecule has 1 aliphatic rings. The summed E-state index contributed by atoms with van der Waals surface area (Å²) in [4.78, 5) is 28.7. The number of hydrogen-bond donors (Lipinski definition) is 1. The molecular formula is C22H22N2O5S. The number of benzene rings is 2. The van der Waals surface area contributed by atoms with Crippen molar-refractivity contribution in [2.75, 3.05) is 12.9 Å². The fourth-order valence-corrected chi connectivity index (χ4v) is 4.99. The van der Waals surface area contributed by atoms with E-state index in [1.165, 1.54) is 0 Å². The number of para-hydroxylation sites is 1. The SMILES string of the molecule is Cc1[nH]c2ccccc2c1C(=O)COC(=O)[C@@H]1Cc2ccccc2CN1S(C)(=O)=O. The average Bonchev–Trinajstić information content (AvgIpc) is 3.05. The molecule has 0 unspecified atom stereocenters. The zero-order valence-electron chi connectivity index (χ0n) is 16.7. The van der Waals surface area contributed by atoms with Crippen LogP contribution >= 0.6 is 0 Å². The maximum atomic E-state index is 12.8. The molecule has 30 heavy (non-hydrogen) atoms. The fraction of sp³-hybridized carbons (Fsp3) is 0.273. The van der Waals surface area contributed by atoms with Gasteiger partial charge in [0, 0.05) is 35.1 Å². The van der Waals surface area contributed by atoms with Crippen molar-refractivity contribution in [3.8, 4) is 0 Å². The van der Waals surface area contributed by atoms with Crippen LogP contribution in [0.25, 0.3) is 10.9 Å². The number of fused-ring (bicyclic) bond motifs is 2. The van der Waals surface area contributed by atoms with Gasteiger partial charge < -0.3 is 9.72 Å². The van der Waals surface area contributed by atoms with Gasteiger partial charge in [-0.25, -0.2) is 8.42 Å². The molecule has 7 nitrogen and oxygen atoms in total. The molecule has 0 bridgehead atoms. The lowest BCUT2D eigenvalue weighted by Crippen LogP contribution is -2.49. The Morgan fingerprint density at radius 2 is 1.77 bits per heavy atom. The minimum Gasteiger partial charge on any atom is -0.456 e. The zero-order valence-corrected chi connectivity index (χ0v) is 17.5. The number of H-pyrrole nitrogens is 1. The quantitative estimate of drug-likeness (QED) is 0.500. The lowest BCUT2D eigenvalue weighted by molar-refractivity contribution is -0.147. The molecule has 1 aliphatic heterocycles. The summed E-state index contributed by atoms with van der Waals surface area (Å²) < 4.78 is 31.0. The van der Waals surface area contributed by atoms with Crippen molar-refractivity contribution in [3.05, 3.63) is 70.9 Å². The normalized spacial score (nSPS) is 16.9. The first-order chi connectivity index (χ1) is 14.3. The van der Waals surface area contributed by atoms with E-state index in [0.717, 1.165) is 32.6 Å². The standard InChI is InChI=1S/C22H22N2O5S/c1-14-21(17-9-5-6-10-18(17)23-14)20(25)13-29-22(26)19-11-15-7-3-4-8-16(15)12-24(19)30(2,27)28/h3-10,19,23H,11-13H2,1-2H3/t19-/m0/s1. The van der Waals surface area contributed by atoms with Crippen molar-refractivity contribution in [2.45, 2.75) is 25.9 Å². The Morgan fingerprint density at radius 1 is 1.10 bits per heavy atom. The molecule has 0 radical (unpaired) electrons. The summed E-state index contributed by atoms with van der Waals surface area (Å²) in [6.45, 7) is 1.44. The van der Waals surface area contributed by atoms with Gasteiger partial charge in [-0.05, 0) is 24.1 Å². The van der Waals surface area contributed by atoms with E-state index in [1.807, 2.05) is 48.5 Å². The molecule has 0 saturated carbocycles. The number of Topliss-reactive ketones (excluding diaryl/α,β-unsaturated/α-hetero) is 1. The number of aromatic nitrogens is 1.